The molecule has 34 heavy (non-hydrogen) atoms. The summed E-state index contributed by atoms with van der Waals surface area (Å²) in [5.41, 5.74) is 8.01. The molecule has 0 amide bonds. The first kappa shape index (κ1) is 22.0. The van der Waals surface area contributed by atoms with Crippen LogP contribution >= 0.6 is 0 Å². The van der Waals surface area contributed by atoms with Gasteiger partial charge in [-0.2, -0.15) is 5.26 Å². The van der Waals surface area contributed by atoms with Crippen LogP contribution in [0.1, 0.15) is 23.1 Å². The molecule has 0 aliphatic carbocycles. The Balaban J connectivity index is 1.39. The lowest BCUT2D eigenvalue weighted by Crippen LogP contribution is -2.36. The number of hydrogen-bond donors (Lipinski definition) is 1. The molecule has 3 heterocycles. The summed E-state index contributed by atoms with van der Waals surface area (Å²) >= 11 is 0. The number of nitriles is 1. The van der Waals surface area contributed by atoms with E-state index in [9.17, 15) is 5.26 Å². The van der Waals surface area contributed by atoms with Crippen LogP contribution in [0.15, 0.2) is 79.3 Å². The molecule has 1 aliphatic rings. The van der Waals surface area contributed by atoms with Crippen LogP contribution in [0.4, 0.5) is 5.95 Å². The van der Waals surface area contributed by atoms with Gasteiger partial charge in [-0.3, -0.25) is 4.40 Å². The summed E-state index contributed by atoms with van der Waals surface area (Å²) in [5.74, 6) is 0.284. The minimum atomic E-state index is -1.32. The number of aromatic nitrogens is 3. The van der Waals surface area contributed by atoms with Gasteiger partial charge in [0.05, 0.1) is 25.9 Å². The number of anilines is 1. The Kier molecular flexibility index (Phi) is 6.23. The first-order chi connectivity index (χ1) is 16.7. The highest BCUT2D eigenvalue weighted by atomic mass is 16.6. The predicted octanol–water partition coefficient (Wildman–Crippen LogP) is 3.62. The Hall–Kier alpha value is -3.77. The van der Waals surface area contributed by atoms with E-state index >= 15 is 0 Å². The second kappa shape index (κ2) is 9.61. The fourth-order valence-electron chi connectivity index (χ4n) is 4.30. The standard InChI is InChI=1S/C26H25N5O3/c27-17-26(21-11-24-29-18-30-25(28)31(24)13-21)23(33-15-20-9-5-2-6-10-20)12-22(34-26)16-32-14-19-7-3-1-4-8-19/h1-11,13,18,22-23H,12,14-16H2,(H2,28,29,30)/t22-,23+,26?/m0/s1. The lowest BCUT2D eigenvalue weighted by Gasteiger charge is -2.27. The van der Waals surface area contributed by atoms with E-state index in [1.807, 2.05) is 60.7 Å². The van der Waals surface area contributed by atoms with Crippen molar-refractivity contribution in [2.24, 2.45) is 0 Å². The van der Waals surface area contributed by atoms with Gasteiger partial charge in [0.1, 0.15) is 24.1 Å². The Morgan fingerprint density at radius 3 is 2.44 bits per heavy atom. The number of fused-ring (bicyclic) bond motifs is 1. The van der Waals surface area contributed by atoms with Crippen LogP contribution in [0.3, 0.4) is 0 Å². The summed E-state index contributed by atoms with van der Waals surface area (Å²) < 4.78 is 20.2. The Bertz CT molecular complexity index is 1290. The van der Waals surface area contributed by atoms with Crippen LogP contribution in [-0.4, -0.2) is 33.2 Å². The van der Waals surface area contributed by atoms with Gasteiger partial charge in [0, 0.05) is 18.2 Å². The molecule has 0 radical (unpaired) electrons. The number of rotatable bonds is 8. The van der Waals surface area contributed by atoms with Gasteiger partial charge in [-0.05, 0) is 17.2 Å². The average molecular weight is 456 g/mol. The van der Waals surface area contributed by atoms with Crippen molar-refractivity contribution < 1.29 is 14.2 Å². The fraction of sp³-hybridized carbons (Fsp3) is 0.269. The molecule has 1 unspecified atom stereocenters. The van der Waals surface area contributed by atoms with Crippen molar-refractivity contribution in [3.05, 3.63) is 95.9 Å². The van der Waals surface area contributed by atoms with Crippen molar-refractivity contribution in [3.63, 3.8) is 0 Å². The lowest BCUT2D eigenvalue weighted by atomic mass is 9.91. The lowest BCUT2D eigenvalue weighted by molar-refractivity contribution is -0.0906. The van der Waals surface area contributed by atoms with E-state index < -0.39 is 11.7 Å². The smallest absolute Gasteiger partial charge is 0.207 e. The number of nitrogens with two attached hydrogens (primary N) is 1. The fourth-order valence-corrected chi connectivity index (χ4v) is 4.30. The molecule has 0 saturated carbocycles. The average Bonchev–Trinajstić information content (AvgIpc) is 3.47. The molecule has 4 aromatic rings. The first-order valence-corrected chi connectivity index (χ1v) is 11.1. The molecule has 1 fully saturated rings. The topological polar surface area (TPSA) is 108 Å². The van der Waals surface area contributed by atoms with Crippen LogP contribution < -0.4 is 5.73 Å². The molecular formula is C26H25N5O3. The molecule has 0 bridgehead atoms. The number of benzene rings is 2. The van der Waals surface area contributed by atoms with E-state index in [1.165, 1.54) is 6.33 Å². The van der Waals surface area contributed by atoms with E-state index in [4.69, 9.17) is 19.9 Å². The van der Waals surface area contributed by atoms with Crippen LogP contribution in [0.2, 0.25) is 0 Å². The summed E-state index contributed by atoms with van der Waals surface area (Å²) in [4.78, 5) is 8.29. The molecule has 3 atom stereocenters. The van der Waals surface area contributed by atoms with Gasteiger partial charge < -0.3 is 19.9 Å². The van der Waals surface area contributed by atoms with Crippen molar-refractivity contribution in [1.82, 2.24) is 14.4 Å². The highest BCUT2D eigenvalue weighted by molar-refractivity contribution is 5.50. The molecule has 8 nitrogen and oxygen atoms in total. The van der Waals surface area contributed by atoms with E-state index in [-0.39, 0.29) is 12.1 Å². The highest BCUT2D eigenvalue weighted by Crippen LogP contribution is 2.42. The monoisotopic (exact) mass is 455 g/mol. The number of nitrogens with zero attached hydrogens (tertiary/aromatic N) is 4. The Labute approximate surface area is 197 Å². The van der Waals surface area contributed by atoms with Gasteiger partial charge in [-0.1, -0.05) is 60.7 Å². The third-order valence-corrected chi connectivity index (χ3v) is 6.01. The molecule has 2 aromatic heterocycles. The number of nitrogen functional groups attached to an aromatic ring is 1. The van der Waals surface area contributed by atoms with Crippen LogP contribution in [0.5, 0.6) is 0 Å². The van der Waals surface area contributed by atoms with Crippen molar-refractivity contribution in [2.75, 3.05) is 12.3 Å². The minimum Gasteiger partial charge on any atom is -0.374 e. The summed E-state index contributed by atoms with van der Waals surface area (Å²) in [6, 6.07) is 24.0. The van der Waals surface area contributed by atoms with Crippen LogP contribution in [-0.2, 0) is 33.0 Å². The van der Waals surface area contributed by atoms with Gasteiger partial charge in [-0.15, -0.1) is 0 Å². The summed E-state index contributed by atoms with van der Waals surface area (Å²) in [7, 11) is 0. The van der Waals surface area contributed by atoms with E-state index in [0.717, 1.165) is 11.1 Å². The predicted molar refractivity (Wildman–Crippen MR) is 125 cm³/mol. The maximum absolute atomic E-state index is 10.4. The zero-order valence-corrected chi connectivity index (χ0v) is 18.6. The van der Waals surface area contributed by atoms with Crippen LogP contribution in [0.25, 0.3) is 5.65 Å². The van der Waals surface area contributed by atoms with E-state index in [0.29, 0.717) is 37.5 Å². The molecule has 1 saturated heterocycles. The van der Waals surface area contributed by atoms with Crippen molar-refractivity contribution in [1.29, 1.82) is 5.26 Å². The Morgan fingerprint density at radius 2 is 1.76 bits per heavy atom. The third kappa shape index (κ3) is 4.37. The van der Waals surface area contributed by atoms with Crippen molar-refractivity contribution in [2.45, 2.75) is 37.4 Å². The quantitative estimate of drug-likeness (QED) is 0.432. The minimum absolute atomic E-state index is 0.284. The molecule has 1 aliphatic heterocycles. The molecule has 8 heteroatoms. The highest BCUT2D eigenvalue weighted by Gasteiger charge is 2.52. The summed E-state index contributed by atoms with van der Waals surface area (Å²) in [5, 5.41) is 10.4. The Morgan fingerprint density at radius 1 is 1.06 bits per heavy atom. The largest absolute Gasteiger partial charge is 0.374 e. The zero-order chi connectivity index (χ0) is 23.4. The maximum Gasteiger partial charge on any atom is 0.207 e. The molecular weight excluding hydrogens is 430 g/mol. The molecule has 172 valence electrons. The van der Waals surface area contributed by atoms with Crippen molar-refractivity contribution >= 4 is 11.6 Å². The van der Waals surface area contributed by atoms with Gasteiger partial charge in [0.25, 0.3) is 0 Å². The van der Waals surface area contributed by atoms with Crippen LogP contribution in [0, 0.1) is 11.3 Å². The molecule has 0 spiro atoms. The SMILES string of the molecule is N#CC1(c2cc3ncnc(N)n3c2)O[C@H](COCc2ccccc2)C[C@H]1OCc1ccccc1. The number of hydrogen-bond acceptors (Lipinski definition) is 7. The molecule has 5 rings (SSSR count). The first-order valence-electron chi connectivity index (χ1n) is 11.1. The zero-order valence-electron chi connectivity index (χ0n) is 18.6. The van der Waals surface area contributed by atoms with Gasteiger partial charge >= 0.3 is 0 Å². The van der Waals surface area contributed by atoms with Gasteiger partial charge in [0.15, 0.2) is 0 Å². The normalized spacial score (nSPS) is 22.1. The summed E-state index contributed by atoms with van der Waals surface area (Å²) in [6.07, 6.45) is 2.85. The molecule has 2 N–H and O–H groups in total. The second-order valence-electron chi connectivity index (χ2n) is 8.30. The van der Waals surface area contributed by atoms with Gasteiger partial charge in [-0.25, -0.2) is 9.97 Å². The van der Waals surface area contributed by atoms with E-state index in [1.54, 1.807) is 16.7 Å². The second-order valence-corrected chi connectivity index (χ2v) is 8.30. The van der Waals surface area contributed by atoms with E-state index in [2.05, 4.69) is 16.0 Å². The number of ether oxygens (including phenoxy) is 3. The third-order valence-electron chi connectivity index (χ3n) is 6.01. The summed E-state index contributed by atoms with van der Waals surface area (Å²) in [6.45, 7) is 1.18. The van der Waals surface area contributed by atoms with Crippen molar-refractivity contribution in [3.8, 4) is 6.07 Å². The molecule has 2 aromatic carbocycles. The maximum atomic E-state index is 10.4. The van der Waals surface area contributed by atoms with Gasteiger partial charge in [0.2, 0.25) is 11.5 Å².